The van der Waals surface area contributed by atoms with Crippen LogP contribution in [0.4, 0.5) is 5.69 Å². The van der Waals surface area contributed by atoms with E-state index in [9.17, 15) is 4.79 Å². The summed E-state index contributed by atoms with van der Waals surface area (Å²) in [7, 11) is 1.76. The molecule has 0 aliphatic rings. The summed E-state index contributed by atoms with van der Waals surface area (Å²) in [6, 6.07) is 19.9. The zero-order valence-electron chi connectivity index (χ0n) is 16.9. The summed E-state index contributed by atoms with van der Waals surface area (Å²) in [5, 5.41) is 13.6. The number of carbonyl (C=O) groups excluding carboxylic acids is 1. The zero-order chi connectivity index (χ0) is 21.0. The number of hydrogen-bond donors (Lipinski definition) is 3. The van der Waals surface area contributed by atoms with E-state index in [4.69, 9.17) is 0 Å². The summed E-state index contributed by atoms with van der Waals surface area (Å²) in [5.41, 5.74) is 1.81. The third-order valence-electron chi connectivity index (χ3n) is 4.17. The molecule has 1 heterocycles. The Hall–Kier alpha value is -3.26. The van der Waals surface area contributed by atoms with Gasteiger partial charge in [0, 0.05) is 48.9 Å². The molecule has 0 bridgehead atoms. The van der Waals surface area contributed by atoms with Crippen molar-refractivity contribution >= 4 is 29.3 Å². The smallest absolute Gasteiger partial charge is 0.246 e. The first-order valence-electron chi connectivity index (χ1n) is 9.71. The second kappa shape index (κ2) is 11.7. The molecular weight excluding hydrogens is 396 g/mol. The lowest BCUT2D eigenvalue weighted by Gasteiger charge is -2.13. The summed E-state index contributed by atoms with van der Waals surface area (Å²) in [5.74, 6) is 1.58. The molecule has 1 aromatic heterocycles. The quantitative estimate of drug-likeness (QED) is 0.214. The summed E-state index contributed by atoms with van der Waals surface area (Å²) >= 11 is 1.80. The molecule has 0 saturated heterocycles. The molecule has 1 amide bonds. The molecule has 7 nitrogen and oxygen atoms in total. The average Bonchev–Trinajstić information content (AvgIpc) is 3.27. The molecular formula is C22H26N6OS. The van der Waals surface area contributed by atoms with Gasteiger partial charge in [0.1, 0.15) is 6.54 Å². The fourth-order valence-electron chi connectivity index (χ4n) is 2.76. The lowest BCUT2D eigenvalue weighted by Crippen LogP contribution is -2.37. The number of rotatable bonds is 9. The molecule has 0 atom stereocenters. The summed E-state index contributed by atoms with van der Waals surface area (Å²) in [6.07, 6.45) is 3.41. The van der Waals surface area contributed by atoms with Crippen LogP contribution in [0.25, 0.3) is 0 Å². The molecule has 8 heteroatoms. The van der Waals surface area contributed by atoms with E-state index in [1.54, 1.807) is 42.0 Å². The van der Waals surface area contributed by atoms with Crippen LogP contribution in [0.1, 0.15) is 5.56 Å². The average molecular weight is 423 g/mol. The van der Waals surface area contributed by atoms with Crippen molar-refractivity contribution in [2.45, 2.75) is 18.0 Å². The molecule has 2 aromatic carbocycles. The highest BCUT2D eigenvalue weighted by Gasteiger charge is 2.05. The molecule has 0 fully saturated rings. The van der Waals surface area contributed by atoms with Crippen molar-refractivity contribution in [1.29, 1.82) is 0 Å². The van der Waals surface area contributed by atoms with Crippen LogP contribution in [-0.2, 0) is 17.9 Å². The first-order chi connectivity index (χ1) is 14.7. The Morgan fingerprint density at radius 2 is 1.97 bits per heavy atom. The van der Waals surface area contributed by atoms with Crippen molar-refractivity contribution in [2.75, 3.05) is 24.7 Å². The number of aliphatic imine (C=N–C) groups is 1. The van der Waals surface area contributed by atoms with Crippen molar-refractivity contribution < 1.29 is 4.79 Å². The molecule has 0 spiro atoms. The maximum absolute atomic E-state index is 12.1. The van der Waals surface area contributed by atoms with E-state index in [1.807, 2.05) is 42.5 Å². The Morgan fingerprint density at radius 1 is 1.10 bits per heavy atom. The third kappa shape index (κ3) is 7.29. The van der Waals surface area contributed by atoms with Gasteiger partial charge in [-0.25, -0.2) is 0 Å². The minimum absolute atomic E-state index is 0.114. The fraction of sp³-hybridized carbons (Fsp3) is 0.227. The van der Waals surface area contributed by atoms with E-state index < -0.39 is 0 Å². The van der Waals surface area contributed by atoms with Gasteiger partial charge in [-0.15, -0.1) is 11.8 Å². The Morgan fingerprint density at radius 3 is 2.73 bits per heavy atom. The normalized spacial score (nSPS) is 11.2. The van der Waals surface area contributed by atoms with Gasteiger partial charge in [-0.1, -0.05) is 30.3 Å². The topological polar surface area (TPSA) is 83.3 Å². The van der Waals surface area contributed by atoms with Crippen molar-refractivity contribution in [3.8, 4) is 0 Å². The van der Waals surface area contributed by atoms with E-state index in [2.05, 4.69) is 38.2 Å². The number of nitrogens with zero attached hydrogens (tertiary/aromatic N) is 3. The number of hydrogen-bond acceptors (Lipinski definition) is 4. The lowest BCUT2D eigenvalue weighted by molar-refractivity contribution is -0.116. The van der Waals surface area contributed by atoms with Crippen LogP contribution in [0.2, 0.25) is 0 Å². The van der Waals surface area contributed by atoms with E-state index in [-0.39, 0.29) is 12.5 Å². The van der Waals surface area contributed by atoms with E-state index in [0.717, 1.165) is 29.5 Å². The molecule has 30 heavy (non-hydrogen) atoms. The molecule has 0 saturated carbocycles. The number of thioether (sulfide) groups is 1. The number of amides is 1. The number of benzene rings is 2. The second-order valence-electron chi connectivity index (χ2n) is 6.47. The number of guanidine groups is 1. The van der Waals surface area contributed by atoms with Crippen LogP contribution in [0.15, 0.2) is 82.9 Å². The minimum atomic E-state index is -0.114. The van der Waals surface area contributed by atoms with Crippen molar-refractivity contribution in [1.82, 2.24) is 20.4 Å². The van der Waals surface area contributed by atoms with Gasteiger partial charge >= 0.3 is 0 Å². The monoisotopic (exact) mass is 422 g/mol. The van der Waals surface area contributed by atoms with Crippen molar-refractivity contribution in [2.24, 2.45) is 4.99 Å². The molecule has 0 radical (unpaired) electrons. The van der Waals surface area contributed by atoms with Crippen LogP contribution < -0.4 is 16.0 Å². The highest BCUT2D eigenvalue weighted by atomic mass is 32.2. The van der Waals surface area contributed by atoms with Gasteiger partial charge in [-0.3, -0.25) is 14.5 Å². The van der Waals surface area contributed by atoms with Gasteiger partial charge in [0.2, 0.25) is 5.91 Å². The molecule has 3 aromatic rings. The van der Waals surface area contributed by atoms with Crippen molar-refractivity contribution in [3.63, 3.8) is 0 Å². The molecule has 3 N–H and O–H groups in total. The van der Waals surface area contributed by atoms with E-state index in [1.165, 1.54) is 4.90 Å². The Balaban J connectivity index is 1.41. The highest BCUT2D eigenvalue weighted by molar-refractivity contribution is 7.99. The Kier molecular flexibility index (Phi) is 8.34. The highest BCUT2D eigenvalue weighted by Crippen LogP contribution is 2.15. The Bertz CT molecular complexity index is 943. The van der Waals surface area contributed by atoms with Crippen LogP contribution in [0.5, 0.6) is 0 Å². The van der Waals surface area contributed by atoms with Gasteiger partial charge in [0.25, 0.3) is 0 Å². The van der Waals surface area contributed by atoms with Gasteiger partial charge in [-0.2, -0.15) is 5.10 Å². The summed E-state index contributed by atoms with van der Waals surface area (Å²) in [4.78, 5) is 17.7. The zero-order valence-corrected chi connectivity index (χ0v) is 17.7. The van der Waals surface area contributed by atoms with Crippen LogP contribution in [0.3, 0.4) is 0 Å². The number of carbonyl (C=O) groups is 1. The van der Waals surface area contributed by atoms with Crippen LogP contribution in [-0.4, -0.2) is 41.0 Å². The fourth-order valence-corrected chi connectivity index (χ4v) is 3.55. The largest absolute Gasteiger partial charge is 0.356 e. The number of nitrogens with one attached hydrogen (secondary N) is 3. The molecule has 0 aliphatic carbocycles. The lowest BCUT2D eigenvalue weighted by atomic mass is 10.2. The Labute approximate surface area is 181 Å². The second-order valence-corrected chi connectivity index (χ2v) is 7.63. The van der Waals surface area contributed by atoms with E-state index >= 15 is 0 Å². The molecule has 3 rings (SSSR count). The van der Waals surface area contributed by atoms with Crippen molar-refractivity contribution in [3.05, 3.63) is 78.6 Å². The van der Waals surface area contributed by atoms with Gasteiger partial charge in [-0.05, 0) is 35.9 Å². The standard InChI is InChI=1S/C22H26N6OS/c1-23-22(24-12-14-30-20-9-3-2-4-10-20)25-16-18-7-5-8-19(15-18)27-21(29)17-28-13-6-11-26-28/h2-11,13,15H,12,14,16-17H2,1H3,(H,27,29)(H2,23,24,25). The van der Waals surface area contributed by atoms with Gasteiger partial charge < -0.3 is 16.0 Å². The number of aromatic nitrogens is 2. The summed E-state index contributed by atoms with van der Waals surface area (Å²) < 4.78 is 1.59. The SMILES string of the molecule is CN=C(NCCSc1ccccc1)NCc1cccc(NC(=O)Cn2cccn2)c1. The summed E-state index contributed by atoms with van der Waals surface area (Å²) in [6.45, 7) is 1.60. The molecule has 156 valence electrons. The molecule has 0 unspecified atom stereocenters. The van der Waals surface area contributed by atoms with E-state index in [0.29, 0.717) is 6.54 Å². The maximum Gasteiger partial charge on any atom is 0.246 e. The maximum atomic E-state index is 12.1. The van der Waals surface area contributed by atoms with Crippen LogP contribution in [0, 0.1) is 0 Å². The minimum Gasteiger partial charge on any atom is -0.356 e. The third-order valence-corrected chi connectivity index (χ3v) is 5.18. The number of anilines is 1. The first kappa shape index (κ1) is 21.4. The molecule has 0 aliphatic heterocycles. The van der Waals surface area contributed by atoms with Crippen LogP contribution >= 0.6 is 11.8 Å². The van der Waals surface area contributed by atoms with Gasteiger partial charge in [0.05, 0.1) is 0 Å². The van der Waals surface area contributed by atoms with Gasteiger partial charge in [0.15, 0.2) is 5.96 Å². The predicted molar refractivity (Wildman–Crippen MR) is 123 cm³/mol. The predicted octanol–water partition coefficient (Wildman–Crippen LogP) is 2.98. The first-order valence-corrected chi connectivity index (χ1v) is 10.7.